The number of hydrogen-bond acceptors (Lipinski definition) is 7. The summed E-state index contributed by atoms with van der Waals surface area (Å²) in [5.41, 5.74) is 4.86. The second-order valence-corrected chi connectivity index (χ2v) is 14.0. The zero-order valence-electron chi connectivity index (χ0n) is 23.7. The summed E-state index contributed by atoms with van der Waals surface area (Å²) in [6.45, 7) is 2.30. The Morgan fingerprint density at radius 3 is 2.52 bits per heavy atom. The molecule has 2 saturated carbocycles. The van der Waals surface area contributed by atoms with E-state index >= 15 is 0 Å². The lowest BCUT2D eigenvalue weighted by atomic mass is 10.0. The topological polar surface area (TPSA) is 95.9 Å². The van der Waals surface area contributed by atoms with Gasteiger partial charge in [-0.1, -0.05) is 36.4 Å². The summed E-state index contributed by atoms with van der Waals surface area (Å²) in [7, 11) is -3.57. The van der Waals surface area contributed by atoms with E-state index in [4.69, 9.17) is 14.7 Å². The van der Waals surface area contributed by atoms with Crippen LogP contribution in [0.3, 0.4) is 0 Å². The molecule has 0 bridgehead atoms. The van der Waals surface area contributed by atoms with Crippen LogP contribution in [0.25, 0.3) is 0 Å². The van der Waals surface area contributed by atoms with Crippen molar-refractivity contribution in [1.82, 2.24) is 14.9 Å². The first-order chi connectivity index (χ1) is 20.5. The van der Waals surface area contributed by atoms with Crippen molar-refractivity contribution < 1.29 is 17.9 Å². The molecule has 0 N–H and O–H groups in total. The van der Waals surface area contributed by atoms with Gasteiger partial charge in [-0.25, -0.2) is 13.4 Å². The Bertz CT molecular complexity index is 1540. The van der Waals surface area contributed by atoms with Crippen LogP contribution in [0.1, 0.15) is 72.4 Å². The molecule has 9 nitrogen and oxygen atoms in total. The van der Waals surface area contributed by atoms with Crippen LogP contribution in [0.2, 0.25) is 0 Å². The Kier molecular flexibility index (Phi) is 7.35. The van der Waals surface area contributed by atoms with E-state index in [2.05, 4.69) is 11.0 Å². The highest BCUT2D eigenvalue weighted by Gasteiger charge is 2.42. The number of ether oxygens (including phenoxy) is 1. The third-order valence-electron chi connectivity index (χ3n) is 8.95. The van der Waals surface area contributed by atoms with Crippen molar-refractivity contribution in [2.75, 3.05) is 41.2 Å². The van der Waals surface area contributed by atoms with Crippen molar-refractivity contribution >= 4 is 27.9 Å². The number of piperazine rings is 1. The van der Waals surface area contributed by atoms with Crippen molar-refractivity contribution in [3.05, 3.63) is 83.3 Å². The fraction of sp³-hybridized carbons (Fsp3) is 0.469. The third kappa shape index (κ3) is 5.49. The van der Waals surface area contributed by atoms with Crippen molar-refractivity contribution in [2.24, 2.45) is 0 Å². The van der Waals surface area contributed by atoms with Crippen molar-refractivity contribution in [1.29, 1.82) is 0 Å². The van der Waals surface area contributed by atoms with Gasteiger partial charge in [0.05, 0.1) is 42.4 Å². The van der Waals surface area contributed by atoms with E-state index in [-0.39, 0.29) is 24.4 Å². The molecule has 4 aliphatic rings. The van der Waals surface area contributed by atoms with Gasteiger partial charge in [0.15, 0.2) is 0 Å². The zero-order chi connectivity index (χ0) is 28.7. The van der Waals surface area contributed by atoms with Crippen molar-refractivity contribution in [2.45, 2.75) is 62.6 Å². The fourth-order valence-corrected chi connectivity index (χ4v) is 8.26. The summed E-state index contributed by atoms with van der Waals surface area (Å²) in [6.07, 6.45) is 9.87. The molecule has 2 saturated heterocycles. The molecule has 4 heterocycles. The average molecular weight is 588 g/mol. The molecular formula is C32H37N5O4S. The fourth-order valence-electron chi connectivity index (χ4n) is 6.42. The number of nitrogens with zero attached hydrogens (tertiary/aromatic N) is 5. The molecule has 3 aromatic rings. The average Bonchev–Trinajstić information content (AvgIpc) is 3.95. The molecular weight excluding hydrogens is 550 g/mol. The second-order valence-electron chi connectivity index (χ2n) is 12.0. The Morgan fingerprint density at radius 2 is 1.76 bits per heavy atom. The number of hydrogen-bond donors (Lipinski definition) is 0. The van der Waals surface area contributed by atoms with E-state index in [0.29, 0.717) is 55.9 Å². The number of carbonyl (C=O) groups excluding carboxylic acids is 1. The van der Waals surface area contributed by atoms with E-state index < -0.39 is 10.0 Å². The minimum absolute atomic E-state index is 0.0611. The van der Waals surface area contributed by atoms with Gasteiger partial charge in [-0.3, -0.25) is 14.1 Å². The Hall–Kier alpha value is -3.50. The minimum Gasteiger partial charge on any atom is -0.375 e. The molecule has 42 heavy (non-hydrogen) atoms. The zero-order valence-corrected chi connectivity index (χ0v) is 24.5. The lowest BCUT2D eigenvalue weighted by Crippen LogP contribution is -2.49. The lowest BCUT2D eigenvalue weighted by Gasteiger charge is -2.42. The molecule has 1 amide bonds. The number of benzene rings is 1. The SMILES string of the molecule is O=CN1CCN(c2ncc(C3CC3)cc2C2CC2)[C@H](c2ncccc2N2C(COCc3ccccc3)CCS2(=O)=O)C1. The maximum atomic E-state index is 13.5. The summed E-state index contributed by atoms with van der Waals surface area (Å²) >= 11 is 0. The predicted octanol–water partition coefficient (Wildman–Crippen LogP) is 4.38. The number of anilines is 2. The molecule has 1 unspecified atom stereocenters. The number of rotatable bonds is 10. The quantitative estimate of drug-likeness (QED) is 0.325. The van der Waals surface area contributed by atoms with E-state index in [9.17, 15) is 13.2 Å². The number of sulfonamides is 1. The van der Waals surface area contributed by atoms with Crippen LogP contribution in [-0.2, 0) is 26.2 Å². The van der Waals surface area contributed by atoms with Crippen molar-refractivity contribution in [3.63, 3.8) is 0 Å². The van der Waals surface area contributed by atoms with Gasteiger partial charge in [0.1, 0.15) is 5.82 Å². The van der Waals surface area contributed by atoms with Crippen molar-refractivity contribution in [3.8, 4) is 0 Å². The number of pyridine rings is 2. The van der Waals surface area contributed by atoms with Crippen LogP contribution in [0.5, 0.6) is 0 Å². The molecule has 0 spiro atoms. The van der Waals surface area contributed by atoms with Gasteiger partial charge < -0.3 is 14.5 Å². The maximum absolute atomic E-state index is 13.5. The molecule has 4 fully saturated rings. The van der Waals surface area contributed by atoms with E-state index in [1.165, 1.54) is 28.3 Å². The van der Waals surface area contributed by atoms with Gasteiger partial charge in [0.25, 0.3) is 0 Å². The monoisotopic (exact) mass is 587 g/mol. The molecule has 1 aromatic carbocycles. The first-order valence-electron chi connectivity index (χ1n) is 15.1. The number of amides is 1. The Balaban J connectivity index is 1.22. The molecule has 2 aliphatic heterocycles. The van der Waals surface area contributed by atoms with E-state index in [1.54, 1.807) is 17.2 Å². The smallest absolute Gasteiger partial charge is 0.235 e. The first-order valence-corrected chi connectivity index (χ1v) is 16.7. The van der Waals surface area contributed by atoms with Gasteiger partial charge in [0, 0.05) is 32.0 Å². The standard InChI is InChI=1S/C32H37N5O4S/c38-22-35-14-15-36(32-28(25-10-11-25)17-26(18-34-32)24-8-9-24)30(19-35)31-29(7-4-13-33-31)37-27(12-16-42(37,39)40)21-41-20-23-5-2-1-3-6-23/h1-7,13,17-18,22,24-25,27,30H,8-12,14-16,19-21H2/t27?,30-/m0/s1. The summed E-state index contributed by atoms with van der Waals surface area (Å²) in [4.78, 5) is 25.8. The van der Waals surface area contributed by atoms with E-state index in [1.807, 2.05) is 42.6 Å². The second kappa shape index (κ2) is 11.3. The largest absolute Gasteiger partial charge is 0.375 e. The normalized spacial score (nSPS) is 23.8. The van der Waals surface area contributed by atoms with Gasteiger partial charge in [-0.15, -0.1) is 0 Å². The van der Waals surface area contributed by atoms with Crippen LogP contribution in [0.4, 0.5) is 11.5 Å². The van der Waals surface area contributed by atoms with Gasteiger partial charge >= 0.3 is 0 Å². The van der Waals surface area contributed by atoms with Crippen LogP contribution in [0, 0.1) is 0 Å². The summed E-state index contributed by atoms with van der Waals surface area (Å²) in [6, 6.07) is 15.2. The van der Waals surface area contributed by atoms with Gasteiger partial charge in [-0.2, -0.15) is 0 Å². The van der Waals surface area contributed by atoms with Gasteiger partial charge in [0.2, 0.25) is 16.4 Å². The third-order valence-corrected chi connectivity index (χ3v) is 10.8. The predicted molar refractivity (Wildman–Crippen MR) is 161 cm³/mol. The highest BCUT2D eigenvalue weighted by atomic mass is 32.2. The lowest BCUT2D eigenvalue weighted by molar-refractivity contribution is -0.118. The number of aromatic nitrogens is 2. The van der Waals surface area contributed by atoms with Gasteiger partial charge in [-0.05, 0) is 72.8 Å². The summed E-state index contributed by atoms with van der Waals surface area (Å²) in [5.74, 6) is 2.13. The van der Waals surface area contributed by atoms with E-state index in [0.717, 1.165) is 30.6 Å². The van der Waals surface area contributed by atoms with Crippen LogP contribution in [-0.4, -0.2) is 67.7 Å². The Labute approximate surface area is 247 Å². The molecule has 10 heteroatoms. The number of carbonyl (C=O) groups is 1. The summed E-state index contributed by atoms with van der Waals surface area (Å²) < 4.78 is 34.6. The molecule has 2 aliphatic carbocycles. The minimum atomic E-state index is -3.57. The highest BCUT2D eigenvalue weighted by Crippen LogP contribution is 2.49. The molecule has 220 valence electrons. The maximum Gasteiger partial charge on any atom is 0.235 e. The first kappa shape index (κ1) is 27.3. The molecule has 2 atom stereocenters. The molecule has 2 aromatic heterocycles. The molecule has 0 radical (unpaired) electrons. The summed E-state index contributed by atoms with van der Waals surface area (Å²) in [5, 5.41) is 0. The van der Waals surface area contributed by atoms with Crippen LogP contribution in [0.15, 0.2) is 60.9 Å². The Morgan fingerprint density at radius 1 is 0.952 bits per heavy atom. The molecule has 7 rings (SSSR count). The van der Waals surface area contributed by atoms with Crippen LogP contribution >= 0.6 is 0 Å². The highest BCUT2D eigenvalue weighted by molar-refractivity contribution is 7.93. The van der Waals surface area contributed by atoms with Crippen LogP contribution < -0.4 is 9.21 Å².